The van der Waals surface area contributed by atoms with E-state index in [-0.39, 0.29) is 12.0 Å². The summed E-state index contributed by atoms with van der Waals surface area (Å²) in [6.07, 6.45) is 1.70. The van der Waals surface area contributed by atoms with E-state index < -0.39 is 0 Å². The first kappa shape index (κ1) is 27.3. The Kier molecular flexibility index (Phi) is 9.43. The Morgan fingerprint density at radius 1 is 1.03 bits per heavy atom. The second-order valence-corrected chi connectivity index (χ2v) is 9.28. The molecule has 0 radical (unpaired) electrons. The van der Waals surface area contributed by atoms with Gasteiger partial charge in [0.05, 0.1) is 32.4 Å². The highest BCUT2D eigenvalue weighted by atomic mass is 32.1. The molecule has 3 aromatic carbocycles. The fourth-order valence-electron chi connectivity index (χ4n) is 4.59. The molecular weight excluding hydrogens is 500 g/mol. The van der Waals surface area contributed by atoms with Gasteiger partial charge in [-0.3, -0.25) is 0 Å². The molecule has 0 amide bonds. The number of hydrogen-bond donors (Lipinski definition) is 1. The van der Waals surface area contributed by atoms with Crippen LogP contribution in [0.15, 0.2) is 66.7 Å². The lowest BCUT2D eigenvalue weighted by Gasteiger charge is -2.39. The number of carbonyl (C=O) groups is 1. The Labute approximate surface area is 229 Å². The molecule has 0 unspecified atom stereocenters. The molecule has 1 heterocycles. The monoisotopic (exact) mass is 534 g/mol. The molecule has 0 saturated carbocycles. The highest BCUT2D eigenvalue weighted by molar-refractivity contribution is 7.80. The van der Waals surface area contributed by atoms with Crippen LogP contribution >= 0.6 is 12.2 Å². The minimum absolute atomic E-state index is 0.139. The van der Waals surface area contributed by atoms with Gasteiger partial charge in [-0.25, -0.2) is 4.79 Å². The van der Waals surface area contributed by atoms with Crippen molar-refractivity contribution in [2.75, 3.05) is 40.5 Å². The first-order valence-corrected chi connectivity index (χ1v) is 13.2. The SMILES string of the molecule is CCOC(=O)c1ccc(OC[C@H]2c3cc(OC)c(OC)cc3CCN2C(=S)NCCc2ccccc2)cc1. The molecule has 200 valence electrons. The number of nitrogens with one attached hydrogen (secondary N) is 1. The normalized spacial score (nSPS) is 14.3. The van der Waals surface area contributed by atoms with Gasteiger partial charge in [-0.15, -0.1) is 0 Å². The molecule has 3 aromatic rings. The maximum Gasteiger partial charge on any atom is 0.338 e. The molecule has 0 fully saturated rings. The molecule has 1 aliphatic heterocycles. The molecule has 8 heteroatoms. The summed E-state index contributed by atoms with van der Waals surface area (Å²) in [4.78, 5) is 14.2. The first-order chi connectivity index (χ1) is 18.5. The zero-order valence-electron chi connectivity index (χ0n) is 22.1. The lowest BCUT2D eigenvalue weighted by Crippen LogP contribution is -2.47. The van der Waals surface area contributed by atoms with Crippen molar-refractivity contribution in [2.24, 2.45) is 0 Å². The van der Waals surface area contributed by atoms with E-state index in [2.05, 4.69) is 22.3 Å². The van der Waals surface area contributed by atoms with Crippen molar-refractivity contribution in [3.05, 3.63) is 89.0 Å². The van der Waals surface area contributed by atoms with Gasteiger partial charge in [-0.2, -0.15) is 0 Å². The summed E-state index contributed by atoms with van der Waals surface area (Å²) in [5.41, 5.74) is 4.01. The number of methoxy groups -OCH3 is 2. The number of fused-ring (bicyclic) bond motifs is 1. The van der Waals surface area contributed by atoms with Crippen molar-refractivity contribution in [3.8, 4) is 17.2 Å². The lowest BCUT2D eigenvalue weighted by atomic mass is 9.92. The zero-order chi connectivity index (χ0) is 26.9. The molecule has 1 N–H and O–H groups in total. The van der Waals surface area contributed by atoms with Crippen molar-refractivity contribution in [2.45, 2.75) is 25.8 Å². The van der Waals surface area contributed by atoms with Crippen molar-refractivity contribution >= 4 is 23.3 Å². The van der Waals surface area contributed by atoms with Crippen LogP contribution in [0.4, 0.5) is 0 Å². The largest absolute Gasteiger partial charge is 0.493 e. The van der Waals surface area contributed by atoms with Crippen LogP contribution < -0.4 is 19.5 Å². The predicted molar refractivity (Wildman–Crippen MR) is 151 cm³/mol. The molecule has 38 heavy (non-hydrogen) atoms. The van der Waals surface area contributed by atoms with Crippen molar-refractivity contribution < 1.29 is 23.7 Å². The number of nitrogens with zero attached hydrogens (tertiary/aromatic N) is 1. The van der Waals surface area contributed by atoms with Gasteiger partial charge in [-0.05, 0) is 85.1 Å². The number of benzene rings is 3. The van der Waals surface area contributed by atoms with E-state index in [0.717, 1.165) is 31.5 Å². The van der Waals surface area contributed by atoms with Gasteiger partial charge in [0.1, 0.15) is 12.4 Å². The van der Waals surface area contributed by atoms with Gasteiger partial charge in [0.25, 0.3) is 0 Å². The summed E-state index contributed by atoms with van der Waals surface area (Å²) >= 11 is 5.86. The third kappa shape index (κ3) is 6.55. The van der Waals surface area contributed by atoms with Gasteiger partial charge < -0.3 is 29.2 Å². The van der Waals surface area contributed by atoms with Crippen LogP contribution in [0.5, 0.6) is 17.2 Å². The van der Waals surface area contributed by atoms with E-state index >= 15 is 0 Å². The van der Waals surface area contributed by atoms with Crippen LogP contribution in [0.1, 0.15) is 40.0 Å². The van der Waals surface area contributed by atoms with Gasteiger partial charge in [0, 0.05) is 13.1 Å². The van der Waals surface area contributed by atoms with E-state index in [4.69, 9.17) is 31.2 Å². The zero-order valence-corrected chi connectivity index (χ0v) is 22.9. The highest BCUT2D eigenvalue weighted by Crippen LogP contribution is 2.38. The second kappa shape index (κ2) is 13.1. The van der Waals surface area contributed by atoms with Crippen LogP contribution in [-0.4, -0.2) is 56.5 Å². The fourth-order valence-corrected chi connectivity index (χ4v) is 4.91. The summed E-state index contributed by atoms with van der Waals surface area (Å²) < 4.78 is 22.4. The van der Waals surface area contributed by atoms with Gasteiger partial charge in [0.2, 0.25) is 0 Å². The molecule has 1 aliphatic rings. The summed E-state index contributed by atoms with van der Waals surface area (Å²) in [7, 11) is 3.28. The van der Waals surface area contributed by atoms with Crippen LogP contribution in [0.3, 0.4) is 0 Å². The maximum absolute atomic E-state index is 12.0. The molecule has 4 rings (SSSR count). The predicted octanol–water partition coefficient (Wildman–Crippen LogP) is 4.98. The highest BCUT2D eigenvalue weighted by Gasteiger charge is 2.31. The Balaban J connectivity index is 1.52. The number of carbonyl (C=O) groups excluding carboxylic acids is 1. The number of hydrogen-bond acceptors (Lipinski definition) is 6. The first-order valence-electron chi connectivity index (χ1n) is 12.8. The van der Waals surface area contributed by atoms with Crippen LogP contribution in [0.2, 0.25) is 0 Å². The Bertz CT molecular complexity index is 1230. The van der Waals surface area contributed by atoms with E-state index in [0.29, 0.717) is 41.1 Å². The molecular formula is C30H34N2O5S. The van der Waals surface area contributed by atoms with Crippen molar-refractivity contribution in [1.82, 2.24) is 10.2 Å². The standard InChI is InChI=1S/C30H34N2O5S/c1-4-36-29(33)22-10-12-24(13-11-22)37-20-26-25-19-28(35-3)27(34-2)18-23(25)15-17-32(26)30(38)31-16-14-21-8-6-5-7-9-21/h5-13,18-19,26H,4,14-17,20H2,1-3H3,(H,31,38)/t26-/m0/s1. The number of rotatable bonds is 10. The summed E-state index contributed by atoms with van der Waals surface area (Å²) in [5, 5.41) is 4.12. The lowest BCUT2D eigenvalue weighted by molar-refractivity contribution is 0.0526. The van der Waals surface area contributed by atoms with Crippen molar-refractivity contribution in [1.29, 1.82) is 0 Å². The smallest absolute Gasteiger partial charge is 0.338 e. The molecule has 0 spiro atoms. The second-order valence-electron chi connectivity index (χ2n) is 8.89. The molecule has 0 saturated heterocycles. The molecule has 7 nitrogen and oxygen atoms in total. The van der Waals surface area contributed by atoms with Crippen LogP contribution in [0.25, 0.3) is 0 Å². The maximum atomic E-state index is 12.0. The van der Waals surface area contributed by atoms with E-state index in [1.54, 1.807) is 45.4 Å². The average molecular weight is 535 g/mol. The van der Waals surface area contributed by atoms with E-state index in [1.807, 2.05) is 30.3 Å². The van der Waals surface area contributed by atoms with E-state index in [9.17, 15) is 4.79 Å². The number of esters is 1. The topological polar surface area (TPSA) is 69.3 Å². The number of thiocarbonyl (C=S) groups is 1. The Morgan fingerprint density at radius 3 is 2.42 bits per heavy atom. The Hall–Kier alpha value is -3.78. The molecule has 1 atom stereocenters. The van der Waals surface area contributed by atoms with Crippen LogP contribution in [0, 0.1) is 0 Å². The minimum atomic E-state index is -0.348. The van der Waals surface area contributed by atoms with Gasteiger partial charge >= 0.3 is 5.97 Å². The third-order valence-corrected chi connectivity index (χ3v) is 6.95. The summed E-state index contributed by atoms with van der Waals surface area (Å²) in [6, 6.07) is 21.3. The third-order valence-electron chi connectivity index (χ3n) is 6.57. The van der Waals surface area contributed by atoms with Gasteiger partial charge in [0.15, 0.2) is 16.6 Å². The van der Waals surface area contributed by atoms with Gasteiger partial charge in [-0.1, -0.05) is 30.3 Å². The quantitative estimate of drug-likeness (QED) is 0.289. The average Bonchev–Trinajstić information content (AvgIpc) is 2.95. The number of ether oxygens (including phenoxy) is 4. The Morgan fingerprint density at radius 2 is 1.74 bits per heavy atom. The molecule has 0 aliphatic carbocycles. The fraction of sp³-hybridized carbons (Fsp3) is 0.333. The minimum Gasteiger partial charge on any atom is -0.493 e. The van der Waals surface area contributed by atoms with E-state index in [1.165, 1.54) is 11.1 Å². The molecule has 0 bridgehead atoms. The molecule has 0 aromatic heterocycles. The van der Waals surface area contributed by atoms with Crippen molar-refractivity contribution in [3.63, 3.8) is 0 Å². The summed E-state index contributed by atoms with van der Waals surface area (Å²) in [5.74, 6) is 1.69. The summed E-state index contributed by atoms with van der Waals surface area (Å²) in [6.45, 7) is 3.97. The van der Waals surface area contributed by atoms with Crippen LogP contribution in [-0.2, 0) is 17.6 Å².